The van der Waals surface area contributed by atoms with E-state index in [0.717, 1.165) is 18.7 Å². The molecule has 0 saturated carbocycles. The quantitative estimate of drug-likeness (QED) is 0.110. The summed E-state index contributed by atoms with van der Waals surface area (Å²) in [6.07, 6.45) is 9.92. The molecule has 0 amide bonds. The van der Waals surface area contributed by atoms with Crippen molar-refractivity contribution >= 4 is 13.9 Å². The number of hydrogen-bond acceptors (Lipinski definition) is 2. The first-order chi connectivity index (χ1) is 21.8. The first-order valence-corrected chi connectivity index (χ1v) is 19.1. The normalized spacial score (nSPS) is 14.5. The molecule has 0 aliphatic carbocycles. The molecule has 3 rings (SSSR count). The average molecular weight is 644 g/mol. The number of ether oxygens (including phenoxy) is 1. The lowest BCUT2D eigenvalue weighted by Gasteiger charge is -2.40. The van der Waals surface area contributed by atoms with Gasteiger partial charge >= 0.3 is 0 Å². The maximum atomic E-state index is 7.16. The van der Waals surface area contributed by atoms with Gasteiger partial charge < -0.3 is 10.1 Å². The van der Waals surface area contributed by atoms with Crippen molar-refractivity contribution < 1.29 is 4.74 Å². The summed E-state index contributed by atoms with van der Waals surface area (Å²) in [4.78, 5) is 0. The maximum Gasteiger partial charge on any atom is 0.127 e. The lowest BCUT2D eigenvalue weighted by atomic mass is 9.69. The van der Waals surface area contributed by atoms with E-state index in [4.69, 9.17) is 4.74 Å². The van der Waals surface area contributed by atoms with Gasteiger partial charge in [0, 0.05) is 22.8 Å². The van der Waals surface area contributed by atoms with Crippen LogP contribution in [0.1, 0.15) is 147 Å². The van der Waals surface area contributed by atoms with E-state index in [1.54, 1.807) is 0 Å². The zero-order chi connectivity index (χ0) is 34.0. The van der Waals surface area contributed by atoms with Crippen LogP contribution in [-0.2, 0) is 29.1 Å². The Bertz CT molecular complexity index is 1360. The van der Waals surface area contributed by atoms with Gasteiger partial charge in [0.25, 0.3) is 0 Å². The molecule has 0 aliphatic heterocycles. The van der Waals surface area contributed by atoms with Crippen molar-refractivity contribution in [1.29, 1.82) is 0 Å². The van der Waals surface area contributed by atoms with Crippen LogP contribution >= 0.6 is 8.58 Å². The summed E-state index contributed by atoms with van der Waals surface area (Å²) in [7, 11) is 2.71. The van der Waals surface area contributed by atoms with Gasteiger partial charge in [0.05, 0.1) is 0 Å². The summed E-state index contributed by atoms with van der Waals surface area (Å²) in [5.41, 5.74) is 8.18. The molecular formula is C43H66NOP. The Morgan fingerprint density at radius 2 is 1.46 bits per heavy atom. The van der Waals surface area contributed by atoms with Crippen molar-refractivity contribution in [3.8, 4) is 5.75 Å². The predicted molar refractivity (Wildman–Crippen MR) is 206 cm³/mol. The third kappa shape index (κ3) is 10.2. The Hall–Kier alpha value is -2.15. The van der Waals surface area contributed by atoms with Crippen molar-refractivity contribution in [3.63, 3.8) is 0 Å². The fourth-order valence-corrected chi connectivity index (χ4v) is 8.34. The summed E-state index contributed by atoms with van der Waals surface area (Å²) in [6.45, 7) is 25.4. The molecule has 2 nitrogen and oxygen atoms in total. The second-order valence-electron chi connectivity index (χ2n) is 15.6. The number of hydrogen-bond donors (Lipinski definition) is 1. The molecule has 0 bridgehead atoms. The highest BCUT2D eigenvalue weighted by molar-refractivity contribution is 7.48. The van der Waals surface area contributed by atoms with E-state index in [2.05, 4.69) is 142 Å². The molecule has 0 heterocycles. The van der Waals surface area contributed by atoms with Crippen molar-refractivity contribution in [3.05, 3.63) is 94.0 Å². The molecule has 3 unspecified atom stereocenters. The Balaban J connectivity index is 2.33. The summed E-state index contributed by atoms with van der Waals surface area (Å²) in [5.74, 6) is 1.67. The predicted octanol–water partition coefficient (Wildman–Crippen LogP) is 11.9. The smallest absolute Gasteiger partial charge is 0.127 e. The standard InChI is InChI=1S/C43H66NOP/c1-12-14-17-21-33(4)42(8,9)37-28-36(41(5,6)7)29-38(40(37)45-31-34-22-18-16-19-23-34)43(10,26-20-15-13-2)46-39-25-24-32(3)27-35(39)30-44-11/h16,18-19,22-25,27-29,33,44,46H,12-15,17,20-21,26,30-31H2,1-11H3. The monoisotopic (exact) mass is 643 g/mol. The highest BCUT2D eigenvalue weighted by atomic mass is 31.1. The number of benzene rings is 3. The Morgan fingerprint density at radius 1 is 0.804 bits per heavy atom. The molecule has 0 spiro atoms. The van der Waals surface area contributed by atoms with Crippen molar-refractivity contribution in [2.75, 3.05) is 7.05 Å². The molecule has 3 atom stereocenters. The van der Waals surface area contributed by atoms with Crippen LogP contribution in [-0.4, -0.2) is 7.05 Å². The van der Waals surface area contributed by atoms with Gasteiger partial charge in [-0.05, 0) is 65.6 Å². The maximum absolute atomic E-state index is 7.16. The van der Waals surface area contributed by atoms with E-state index < -0.39 is 0 Å². The van der Waals surface area contributed by atoms with Gasteiger partial charge in [-0.3, -0.25) is 0 Å². The van der Waals surface area contributed by atoms with Crippen LogP contribution in [0.25, 0.3) is 0 Å². The van der Waals surface area contributed by atoms with Crippen LogP contribution in [0.5, 0.6) is 5.75 Å². The number of aryl methyl sites for hydroxylation is 1. The number of nitrogens with one attached hydrogen (secondary N) is 1. The third-order valence-corrected chi connectivity index (χ3v) is 12.1. The summed E-state index contributed by atoms with van der Waals surface area (Å²) in [5, 5.41) is 4.87. The van der Waals surface area contributed by atoms with Gasteiger partial charge in [-0.15, -0.1) is 0 Å². The van der Waals surface area contributed by atoms with Crippen LogP contribution in [0.15, 0.2) is 60.7 Å². The summed E-state index contributed by atoms with van der Waals surface area (Å²) in [6, 6.07) is 22.9. The second-order valence-corrected chi connectivity index (χ2v) is 17.5. The Labute approximate surface area is 285 Å². The van der Waals surface area contributed by atoms with Crippen LogP contribution in [0.4, 0.5) is 0 Å². The fraction of sp³-hybridized carbons (Fsp3) is 0.581. The van der Waals surface area contributed by atoms with Gasteiger partial charge in [0.15, 0.2) is 0 Å². The average Bonchev–Trinajstić information content (AvgIpc) is 3.01. The summed E-state index contributed by atoms with van der Waals surface area (Å²) < 4.78 is 7.16. The van der Waals surface area contributed by atoms with Crippen LogP contribution in [0, 0.1) is 12.8 Å². The van der Waals surface area contributed by atoms with Gasteiger partial charge in [0.1, 0.15) is 12.4 Å². The van der Waals surface area contributed by atoms with E-state index in [9.17, 15) is 0 Å². The minimum absolute atomic E-state index is 0.0254. The zero-order valence-electron chi connectivity index (χ0n) is 31.3. The molecule has 0 aromatic heterocycles. The third-order valence-electron chi connectivity index (χ3n) is 10.3. The van der Waals surface area contributed by atoms with E-state index in [0.29, 0.717) is 21.1 Å². The highest BCUT2D eigenvalue weighted by Gasteiger charge is 2.38. The lowest BCUT2D eigenvalue weighted by Crippen LogP contribution is -2.31. The lowest BCUT2D eigenvalue weighted by molar-refractivity contribution is 0.266. The molecule has 254 valence electrons. The molecule has 0 saturated heterocycles. The first-order valence-electron chi connectivity index (χ1n) is 18.1. The van der Waals surface area contributed by atoms with Crippen LogP contribution < -0.4 is 15.4 Å². The minimum Gasteiger partial charge on any atom is -0.488 e. The van der Waals surface area contributed by atoms with Crippen LogP contribution in [0.2, 0.25) is 0 Å². The fourth-order valence-electron chi connectivity index (χ4n) is 6.63. The number of rotatable bonds is 18. The molecule has 3 aromatic carbocycles. The van der Waals surface area contributed by atoms with E-state index in [1.165, 1.54) is 83.6 Å². The molecule has 0 radical (unpaired) electrons. The topological polar surface area (TPSA) is 21.3 Å². The van der Waals surface area contributed by atoms with E-state index in [1.807, 2.05) is 0 Å². The molecular weight excluding hydrogens is 577 g/mol. The Kier molecular flexibility index (Phi) is 14.4. The Morgan fingerprint density at radius 3 is 2.09 bits per heavy atom. The van der Waals surface area contributed by atoms with E-state index in [-0.39, 0.29) is 16.0 Å². The highest BCUT2D eigenvalue weighted by Crippen LogP contribution is 2.53. The van der Waals surface area contributed by atoms with Crippen molar-refractivity contribution in [2.45, 2.75) is 150 Å². The van der Waals surface area contributed by atoms with Gasteiger partial charge in [-0.1, -0.05) is 176 Å². The minimum atomic E-state index is -0.0590. The van der Waals surface area contributed by atoms with Crippen LogP contribution in [0.3, 0.4) is 0 Å². The van der Waals surface area contributed by atoms with E-state index >= 15 is 0 Å². The molecule has 3 aromatic rings. The second kappa shape index (κ2) is 17.3. The first kappa shape index (κ1) is 38.3. The molecule has 1 N–H and O–H groups in total. The number of unbranched alkanes of at least 4 members (excludes halogenated alkanes) is 4. The zero-order valence-corrected chi connectivity index (χ0v) is 32.3. The van der Waals surface area contributed by atoms with Gasteiger partial charge in [0.2, 0.25) is 0 Å². The molecule has 0 fully saturated rings. The molecule has 0 aliphatic rings. The van der Waals surface area contributed by atoms with Crippen molar-refractivity contribution in [1.82, 2.24) is 5.32 Å². The van der Waals surface area contributed by atoms with Crippen molar-refractivity contribution in [2.24, 2.45) is 5.92 Å². The van der Waals surface area contributed by atoms with Gasteiger partial charge in [-0.25, -0.2) is 0 Å². The molecule has 3 heteroatoms. The SMILES string of the molecule is CCCCCC(C)C(C)(C)c1cc(C(C)(C)C)cc(C(C)(CCCCC)Pc2ccc(C)cc2CNC)c1OCc1ccccc1. The summed E-state index contributed by atoms with van der Waals surface area (Å²) >= 11 is 0. The molecule has 46 heavy (non-hydrogen) atoms. The van der Waals surface area contributed by atoms with Gasteiger partial charge in [-0.2, -0.15) is 0 Å². The largest absolute Gasteiger partial charge is 0.488 e.